The molecule has 1 atom stereocenters. The van der Waals surface area contributed by atoms with E-state index in [-0.39, 0.29) is 0 Å². The first-order valence-electron chi connectivity index (χ1n) is 5.72. The van der Waals surface area contributed by atoms with Crippen LogP contribution in [0.2, 0.25) is 0 Å². The zero-order valence-corrected chi connectivity index (χ0v) is 10.2. The van der Waals surface area contributed by atoms with Crippen LogP contribution >= 0.6 is 0 Å². The van der Waals surface area contributed by atoms with Crippen LogP contribution in [0.15, 0.2) is 30.3 Å². The lowest BCUT2D eigenvalue weighted by atomic mass is 10.0. The lowest BCUT2D eigenvalue weighted by molar-refractivity contribution is 0.540. The molecule has 90 valence electrons. The van der Waals surface area contributed by atoms with Gasteiger partial charge in [0.2, 0.25) is 0 Å². The molecule has 1 unspecified atom stereocenters. The molecule has 0 aliphatic carbocycles. The van der Waals surface area contributed by atoms with Gasteiger partial charge in [-0.2, -0.15) is 4.80 Å². The molecule has 5 nitrogen and oxygen atoms in total. The van der Waals surface area contributed by atoms with E-state index in [1.807, 2.05) is 13.1 Å². The summed E-state index contributed by atoms with van der Waals surface area (Å²) in [5.74, 6) is 0.780. The predicted molar refractivity (Wildman–Crippen MR) is 65.5 cm³/mol. The van der Waals surface area contributed by atoms with Gasteiger partial charge in [0, 0.05) is 12.5 Å². The zero-order chi connectivity index (χ0) is 12.1. The van der Waals surface area contributed by atoms with Crippen molar-refractivity contribution in [2.75, 3.05) is 7.05 Å². The van der Waals surface area contributed by atoms with Crippen molar-refractivity contribution in [3.63, 3.8) is 0 Å². The first kappa shape index (κ1) is 11.7. The van der Waals surface area contributed by atoms with Crippen LogP contribution < -0.4 is 5.32 Å². The number of nitrogens with one attached hydrogen (secondary N) is 1. The van der Waals surface area contributed by atoms with Crippen molar-refractivity contribution >= 4 is 0 Å². The van der Waals surface area contributed by atoms with Crippen molar-refractivity contribution in [3.05, 3.63) is 41.7 Å². The van der Waals surface area contributed by atoms with Crippen molar-refractivity contribution < 1.29 is 0 Å². The van der Waals surface area contributed by atoms with E-state index in [0.717, 1.165) is 18.7 Å². The van der Waals surface area contributed by atoms with Crippen LogP contribution in [0, 0.1) is 0 Å². The average molecular weight is 231 g/mol. The topological polar surface area (TPSA) is 55.6 Å². The summed E-state index contributed by atoms with van der Waals surface area (Å²) in [6, 6.07) is 10.7. The Balaban J connectivity index is 1.98. The van der Waals surface area contributed by atoms with Crippen LogP contribution in [0.5, 0.6) is 0 Å². The van der Waals surface area contributed by atoms with Crippen LogP contribution in [0.4, 0.5) is 0 Å². The van der Waals surface area contributed by atoms with Gasteiger partial charge in [0.05, 0.1) is 7.05 Å². The van der Waals surface area contributed by atoms with Gasteiger partial charge in [0.15, 0.2) is 5.82 Å². The van der Waals surface area contributed by atoms with Crippen LogP contribution in [-0.4, -0.2) is 33.3 Å². The molecule has 17 heavy (non-hydrogen) atoms. The molecule has 0 saturated heterocycles. The summed E-state index contributed by atoms with van der Waals surface area (Å²) in [7, 11) is 3.74. The Bertz CT molecular complexity index is 451. The van der Waals surface area contributed by atoms with Crippen LogP contribution in [-0.2, 0) is 19.9 Å². The van der Waals surface area contributed by atoms with Gasteiger partial charge in [-0.05, 0) is 24.2 Å². The average Bonchev–Trinajstić information content (AvgIpc) is 2.75. The molecular formula is C12H17N5. The largest absolute Gasteiger partial charge is 0.316 e. The Hall–Kier alpha value is -1.75. The fourth-order valence-corrected chi connectivity index (χ4v) is 1.80. The van der Waals surface area contributed by atoms with Crippen LogP contribution in [0.1, 0.15) is 11.4 Å². The van der Waals surface area contributed by atoms with E-state index in [9.17, 15) is 0 Å². The predicted octanol–water partition coefficient (Wildman–Crippen LogP) is 0.583. The van der Waals surface area contributed by atoms with Gasteiger partial charge in [-0.25, -0.2) is 0 Å². The number of tetrazole rings is 1. The molecule has 1 N–H and O–H groups in total. The summed E-state index contributed by atoms with van der Waals surface area (Å²) in [6.45, 7) is 0. The third kappa shape index (κ3) is 3.35. The fourth-order valence-electron chi connectivity index (χ4n) is 1.80. The second-order valence-corrected chi connectivity index (χ2v) is 4.07. The number of aryl methyl sites for hydroxylation is 1. The molecule has 0 bridgehead atoms. The summed E-state index contributed by atoms with van der Waals surface area (Å²) >= 11 is 0. The number of likely N-dealkylation sites (N-methyl/N-ethyl adjacent to an activating group) is 1. The molecule has 0 amide bonds. The van der Waals surface area contributed by atoms with E-state index in [2.05, 4.69) is 45.0 Å². The molecule has 1 aromatic heterocycles. The summed E-state index contributed by atoms with van der Waals surface area (Å²) < 4.78 is 0. The second kappa shape index (κ2) is 5.54. The molecule has 0 fully saturated rings. The zero-order valence-electron chi connectivity index (χ0n) is 10.2. The number of aromatic nitrogens is 4. The number of benzene rings is 1. The van der Waals surface area contributed by atoms with E-state index < -0.39 is 0 Å². The van der Waals surface area contributed by atoms with E-state index >= 15 is 0 Å². The van der Waals surface area contributed by atoms with Crippen molar-refractivity contribution in [2.24, 2.45) is 7.05 Å². The number of nitrogens with zero attached hydrogens (tertiary/aromatic N) is 4. The van der Waals surface area contributed by atoms with Gasteiger partial charge >= 0.3 is 0 Å². The van der Waals surface area contributed by atoms with Crippen LogP contribution in [0.25, 0.3) is 0 Å². The number of hydrogen-bond donors (Lipinski definition) is 1. The molecule has 0 aliphatic rings. The van der Waals surface area contributed by atoms with Gasteiger partial charge < -0.3 is 5.32 Å². The maximum Gasteiger partial charge on any atom is 0.176 e. The van der Waals surface area contributed by atoms with Gasteiger partial charge in [0.25, 0.3) is 0 Å². The fraction of sp³-hybridized carbons (Fsp3) is 0.417. The number of rotatable bonds is 5. The molecular weight excluding hydrogens is 214 g/mol. The van der Waals surface area contributed by atoms with E-state index in [0.29, 0.717) is 6.04 Å². The monoisotopic (exact) mass is 231 g/mol. The minimum atomic E-state index is 0.335. The first-order valence-corrected chi connectivity index (χ1v) is 5.72. The van der Waals surface area contributed by atoms with Crippen molar-refractivity contribution in [1.29, 1.82) is 0 Å². The molecule has 2 aromatic rings. The highest BCUT2D eigenvalue weighted by Crippen LogP contribution is 2.05. The quantitative estimate of drug-likeness (QED) is 0.818. The van der Waals surface area contributed by atoms with Crippen molar-refractivity contribution in [2.45, 2.75) is 18.9 Å². The highest BCUT2D eigenvalue weighted by molar-refractivity contribution is 5.16. The van der Waals surface area contributed by atoms with Gasteiger partial charge in [-0.15, -0.1) is 10.2 Å². The third-order valence-electron chi connectivity index (χ3n) is 2.71. The van der Waals surface area contributed by atoms with E-state index in [1.165, 1.54) is 10.4 Å². The van der Waals surface area contributed by atoms with Gasteiger partial charge in [0.1, 0.15) is 0 Å². The maximum atomic E-state index is 4.19. The standard InChI is InChI=1S/C12H17N5/c1-13-11(8-10-6-4-3-5-7-10)9-12-14-16-17(2)15-12/h3-7,11,13H,8-9H2,1-2H3. The number of hydrogen-bond acceptors (Lipinski definition) is 4. The molecule has 5 heteroatoms. The molecule has 0 spiro atoms. The molecule has 0 saturated carbocycles. The summed E-state index contributed by atoms with van der Waals surface area (Å²) in [6.07, 6.45) is 1.76. The lowest BCUT2D eigenvalue weighted by Crippen LogP contribution is -2.30. The highest BCUT2D eigenvalue weighted by Gasteiger charge is 2.11. The second-order valence-electron chi connectivity index (χ2n) is 4.07. The lowest BCUT2D eigenvalue weighted by Gasteiger charge is -2.13. The van der Waals surface area contributed by atoms with E-state index in [4.69, 9.17) is 0 Å². The minimum Gasteiger partial charge on any atom is -0.316 e. The summed E-state index contributed by atoms with van der Waals surface area (Å²) in [4.78, 5) is 1.49. The molecule has 2 rings (SSSR count). The minimum absolute atomic E-state index is 0.335. The SMILES string of the molecule is CNC(Cc1ccccc1)Cc1nnn(C)n1. The third-order valence-corrected chi connectivity index (χ3v) is 2.71. The highest BCUT2D eigenvalue weighted by atomic mass is 15.6. The summed E-state index contributed by atoms with van der Waals surface area (Å²) in [5, 5.41) is 15.3. The van der Waals surface area contributed by atoms with Crippen molar-refractivity contribution in [1.82, 2.24) is 25.5 Å². The Labute approximate surface area is 101 Å². The van der Waals surface area contributed by atoms with E-state index in [1.54, 1.807) is 7.05 Å². The van der Waals surface area contributed by atoms with Gasteiger partial charge in [-0.3, -0.25) is 0 Å². The molecule has 0 radical (unpaired) electrons. The Morgan fingerprint density at radius 1 is 1.24 bits per heavy atom. The molecule has 0 aliphatic heterocycles. The Morgan fingerprint density at radius 2 is 2.00 bits per heavy atom. The molecule has 1 aromatic carbocycles. The Morgan fingerprint density at radius 3 is 2.59 bits per heavy atom. The smallest absolute Gasteiger partial charge is 0.176 e. The van der Waals surface area contributed by atoms with Gasteiger partial charge in [-0.1, -0.05) is 30.3 Å². The van der Waals surface area contributed by atoms with Crippen molar-refractivity contribution in [3.8, 4) is 0 Å². The molecule has 1 heterocycles. The Kier molecular flexibility index (Phi) is 3.82. The maximum absolute atomic E-state index is 4.19. The normalized spacial score (nSPS) is 12.6. The van der Waals surface area contributed by atoms with Crippen LogP contribution in [0.3, 0.4) is 0 Å². The first-order chi connectivity index (χ1) is 8.28. The summed E-state index contributed by atoms with van der Waals surface area (Å²) in [5.41, 5.74) is 1.32.